The summed E-state index contributed by atoms with van der Waals surface area (Å²) in [5.41, 5.74) is 3.86. The number of nitrogens with zero attached hydrogens (tertiary/aromatic N) is 6. The van der Waals surface area contributed by atoms with Crippen LogP contribution < -0.4 is 19.7 Å². The number of fused-ring (bicyclic) bond motifs is 1. The number of benzene rings is 2. The number of piperazine rings is 1. The van der Waals surface area contributed by atoms with Gasteiger partial charge in [-0.2, -0.15) is 5.10 Å². The summed E-state index contributed by atoms with van der Waals surface area (Å²) >= 11 is 0. The van der Waals surface area contributed by atoms with Gasteiger partial charge in [0.05, 0.1) is 37.4 Å². The first kappa shape index (κ1) is 26.3. The van der Waals surface area contributed by atoms with E-state index in [0.29, 0.717) is 23.8 Å². The number of aromatic nitrogens is 5. The molecular weight excluding hydrogens is 520 g/mol. The first-order chi connectivity index (χ1) is 20.0. The molecule has 1 amide bonds. The molecule has 1 fully saturated rings. The fourth-order valence-electron chi connectivity index (χ4n) is 4.86. The van der Waals surface area contributed by atoms with Crippen LogP contribution >= 0.6 is 0 Å². The summed E-state index contributed by atoms with van der Waals surface area (Å²) < 4.78 is 12.5. The Morgan fingerprint density at radius 1 is 0.951 bits per heavy atom. The monoisotopic (exact) mass is 552 g/mol. The van der Waals surface area contributed by atoms with Crippen LogP contribution in [0, 0.1) is 0 Å². The summed E-state index contributed by atoms with van der Waals surface area (Å²) in [6, 6.07) is 19.0. The number of amides is 1. The number of imidazole rings is 1. The lowest BCUT2D eigenvalue weighted by Gasteiger charge is -2.33. The van der Waals surface area contributed by atoms with Gasteiger partial charge < -0.3 is 29.6 Å². The Balaban J connectivity index is 1.26. The molecule has 0 saturated carbocycles. The maximum atomic E-state index is 13.2. The Bertz CT molecular complexity index is 1650. The van der Waals surface area contributed by atoms with Gasteiger partial charge in [0, 0.05) is 44.5 Å². The van der Waals surface area contributed by atoms with Crippen LogP contribution in [0.2, 0.25) is 0 Å². The van der Waals surface area contributed by atoms with E-state index in [2.05, 4.69) is 32.1 Å². The van der Waals surface area contributed by atoms with Crippen molar-refractivity contribution in [1.29, 1.82) is 0 Å². The zero-order valence-corrected chi connectivity index (χ0v) is 23.3. The third kappa shape index (κ3) is 5.71. The largest absolute Gasteiger partial charge is 0.497 e. The van der Waals surface area contributed by atoms with Gasteiger partial charge in [-0.15, -0.1) is 0 Å². The fraction of sp³-hybridized carbons (Fsp3) is 0.267. The SMILES string of the molecule is COc1ccc(Cn2nc(NC(=O)c3ccc(N4CCN(C)CC4)nc3)cc2-c2nc3ccc(OC)cc3[nH]2)cc1. The van der Waals surface area contributed by atoms with Crippen LogP contribution in [-0.2, 0) is 6.54 Å². The number of ether oxygens (including phenoxy) is 2. The lowest BCUT2D eigenvalue weighted by Crippen LogP contribution is -2.44. The number of anilines is 2. The molecule has 1 aliphatic rings. The number of hydrogen-bond acceptors (Lipinski definition) is 8. The molecular formula is C30H32N8O3. The Morgan fingerprint density at radius 2 is 1.71 bits per heavy atom. The normalized spacial score (nSPS) is 13.9. The summed E-state index contributed by atoms with van der Waals surface area (Å²) in [6.45, 7) is 4.28. The van der Waals surface area contributed by atoms with Crippen LogP contribution in [-0.4, -0.2) is 83.0 Å². The van der Waals surface area contributed by atoms with Crippen LogP contribution in [0.1, 0.15) is 15.9 Å². The highest BCUT2D eigenvalue weighted by Crippen LogP contribution is 2.27. The molecule has 2 N–H and O–H groups in total. The maximum Gasteiger partial charge on any atom is 0.258 e. The molecule has 1 aliphatic heterocycles. The van der Waals surface area contributed by atoms with Gasteiger partial charge in [0.2, 0.25) is 0 Å². The highest BCUT2D eigenvalue weighted by Gasteiger charge is 2.19. The van der Waals surface area contributed by atoms with E-state index in [1.54, 1.807) is 26.5 Å². The minimum atomic E-state index is -0.280. The predicted molar refractivity (Wildman–Crippen MR) is 158 cm³/mol. The highest BCUT2D eigenvalue weighted by atomic mass is 16.5. The minimum absolute atomic E-state index is 0.280. The lowest BCUT2D eigenvalue weighted by atomic mass is 10.2. The van der Waals surface area contributed by atoms with E-state index < -0.39 is 0 Å². The van der Waals surface area contributed by atoms with Gasteiger partial charge in [0.25, 0.3) is 5.91 Å². The molecule has 0 spiro atoms. The smallest absolute Gasteiger partial charge is 0.258 e. The van der Waals surface area contributed by atoms with Gasteiger partial charge in [0.1, 0.15) is 23.0 Å². The van der Waals surface area contributed by atoms with E-state index in [1.165, 1.54) is 0 Å². The molecule has 0 aliphatic carbocycles. The van der Waals surface area contributed by atoms with E-state index in [0.717, 1.165) is 65.8 Å². The number of pyridine rings is 1. The molecule has 0 atom stereocenters. The van der Waals surface area contributed by atoms with Crippen molar-refractivity contribution in [3.8, 4) is 23.0 Å². The summed E-state index contributed by atoms with van der Waals surface area (Å²) in [6.07, 6.45) is 1.62. The number of aromatic amines is 1. The van der Waals surface area contributed by atoms with Gasteiger partial charge >= 0.3 is 0 Å². The zero-order chi connectivity index (χ0) is 28.3. The number of carbonyl (C=O) groups is 1. The molecule has 4 heterocycles. The second kappa shape index (κ2) is 11.3. The van der Waals surface area contributed by atoms with Crippen LogP contribution in [0.3, 0.4) is 0 Å². The van der Waals surface area contributed by atoms with Crippen molar-refractivity contribution in [3.05, 3.63) is 78.0 Å². The van der Waals surface area contributed by atoms with E-state index >= 15 is 0 Å². The van der Waals surface area contributed by atoms with Crippen molar-refractivity contribution in [3.63, 3.8) is 0 Å². The van der Waals surface area contributed by atoms with Crippen LogP contribution in [0.15, 0.2) is 66.9 Å². The van der Waals surface area contributed by atoms with Crippen molar-refractivity contribution >= 4 is 28.6 Å². The zero-order valence-electron chi connectivity index (χ0n) is 23.3. The predicted octanol–water partition coefficient (Wildman–Crippen LogP) is 3.89. The Kier molecular flexibility index (Phi) is 7.26. The second-order valence-corrected chi connectivity index (χ2v) is 10.0. The molecule has 0 unspecified atom stereocenters. The molecule has 0 bridgehead atoms. The van der Waals surface area contributed by atoms with Crippen molar-refractivity contribution in [2.24, 2.45) is 0 Å². The van der Waals surface area contributed by atoms with Crippen molar-refractivity contribution in [1.82, 2.24) is 29.6 Å². The van der Waals surface area contributed by atoms with Crippen molar-refractivity contribution in [2.45, 2.75) is 6.54 Å². The van der Waals surface area contributed by atoms with Crippen LogP contribution in [0.5, 0.6) is 11.5 Å². The summed E-state index contributed by atoms with van der Waals surface area (Å²) in [5, 5.41) is 7.66. The highest BCUT2D eigenvalue weighted by molar-refractivity contribution is 6.03. The quantitative estimate of drug-likeness (QED) is 0.298. The summed E-state index contributed by atoms with van der Waals surface area (Å²) in [7, 11) is 5.39. The number of carbonyl (C=O) groups excluding carboxylic acids is 1. The summed E-state index contributed by atoms with van der Waals surface area (Å²) in [4.78, 5) is 30.4. The van der Waals surface area contributed by atoms with Crippen LogP contribution in [0.4, 0.5) is 11.6 Å². The number of nitrogens with one attached hydrogen (secondary N) is 2. The minimum Gasteiger partial charge on any atom is -0.497 e. The molecule has 11 nitrogen and oxygen atoms in total. The molecule has 1 saturated heterocycles. The average molecular weight is 553 g/mol. The second-order valence-electron chi connectivity index (χ2n) is 10.0. The molecule has 41 heavy (non-hydrogen) atoms. The Morgan fingerprint density at radius 3 is 2.41 bits per heavy atom. The average Bonchev–Trinajstić information content (AvgIpc) is 3.61. The van der Waals surface area contributed by atoms with Gasteiger partial charge in [-0.05, 0) is 49.0 Å². The van der Waals surface area contributed by atoms with Crippen LogP contribution in [0.25, 0.3) is 22.6 Å². The fourth-order valence-corrected chi connectivity index (χ4v) is 4.86. The molecule has 11 heteroatoms. The maximum absolute atomic E-state index is 13.2. The van der Waals surface area contributed by atoms with Gasteiger partial charge in [-0.3, -0.25) is 9.48 Å². The molecule has 5 aromatic rings. The first-order valence-corrected chi connectivity index (χ1v) is 13.4. The van der Waals surface area contributed by atoms with Crippen molar-refractivity contribution in [2.75, 3.05) is 57.7 Å². The number of methoxy groups -OCH3 is 2. The molecule has 0 radical (unpaired) electrons. The summed E-state index contributed by atoms with van der Waals surface area (Å²) in [5.74, 6) is 3.16. The Labute approximate surface area is 237 Å². The van der Waals surface area contributed by atoms with E-state index in [-0.39, 0.29) is 5.91 Å². The molecule has 2 aromatic carbocycles. The molecule has 3 aromatic heterocycles. The van der Waals surface area contributed by atoms with Gasteiger partial charge in [-0.1, -0.05) is 12.1 Å². The third-order valence-corrected chi connectivity index (χ3v) is 7.28. The van der Waals surface area contributed by atoms with E-state index in [9.17, 15) is 4.79 Å². The molecule has 6 rings (SSSR count). The third-order valence-electron chi connectivity index (χ3n) is 7.28. The van der Waals surface area contributed by atoms with Gasteiger partial charge in [-0.25, -0.2) is 9.97 Å². The van der Waals surface area contributed by atoms with Gasteiger partial charge in [0.15, 0.2) is 11.6 Å². The van der Waals surface area contributed by atoms with E-state index in [4.69, 9.17) is 19.6 Å². The number of likely N-dealkylation sites (N-methyl/N-ethyl adjacent to an activating group) is 1. The number of H-pyrrole nitrogens is 1. The first-order valence-electron chi connectivity index (χ1n) is 13.4. The standard InChI is InChI=1S/C30H32N8O3/c1-36-12-14-37(15-13-36)28-11-6-21(18-31-28)30(39)34-27-17-26(29-32-24-10-9-23(41-3)16-25(24)33-29)38(35-27)19-20-4-7-22(40-2)8-5-20/h4-11,16-18H,12-15,19H2,1-3H3,(H,32,33)(H,34,35,39). The molecule has 210 valence electrons. The number of rotatable bonds is 8. The van der Waals surface area contributed by atoms with E-state index in [1.807, 2.05) is 59.3 Å². The number of hydrogen-bond donors (Lipinski definition) is 2. The topological polar surface area (TPSA) is 113 Å². The lowest BCUT2D eigenvalue weighted by molar-refractivity contribution is 0.102. The van der Waals surface area contributed by atoms with Crippen molar-refractivity contribution < 1.29 is 14.3 Å². The Hall–Kier alpha value is -4.90.